The number of rotatable bonds is 3. The molecule has 5 heteroatoms. The molecule has 2 aromatic rings. The fourth-order valence-electron chi connectivity index (χ4n) is 7.82. The molecule has 6 rings (SSSR count). The number of carbonyl (C=O) groups excluding carboxylic acids is 1. The van der Waals surface area contributed by atoms with E-state index in [9.17, 15) is 9.90 Å². The molecular formula is C29H34N2O3. The normalized spacial score (nSPS) is 33.5. The van der Waals surface area contributed by atoms with Gasteiger partial charge in [-0.15, -0.1) is 0 Å². The van der Waals surface area contributed by atoms with Gasteiger partial charge < -0.3 is 19.6 Å². The van der Waals surface area contributed by atoms with Crippen LogP contribution in [0.4, 0.5) is 0 Å². The van der Waals surface area contributed by atoms with Gasteiger partial charge >= 0.3 is 0 Å². The first-order chi connectivity index (χ1) is 16.3. The fraction of sp³-hybridized carbons (Fsp3) is 0.483. The Morgan fingerprint density at radius 1 is 1.26 bits per heavy atom. The van der Waals surface area contributed by atoms with Crippen molar-refractivity contribution >= 4 is 12.0 Å². The van der Waals surface area contributed by atoms with Crippen LogP contribution in [0.5, 0.6) is 11.5 Å². The van der Waals surface area contributed by atoms with Crippen LogP contribution >= 0.6 is 0 Å². The number of amides is 1. The summed E-state index contributed by atoms with van der Waals surface area (Å²) >= 11 is 0. The lowest BCUT2D eigenvalue weighted by Crippen LogP contribution is -2.73. The second kappa shape index (κ2) is 7.35. The Bertz CT molecular complexity index is 1210. The summed E-state index contributed by atoms with van der Waals surface area (Å²) in [4.78, 5) is 17.7. The quantitative estimate of drug-likeness (QED) is 0.697. The number of likely N-dealkylation sites (N-methyl/N-ethyl adjacent to an activating group) is 2. The standard InChI is InChI=1S/C29H34N2O3/c1-18-6-5-7-19(16-18)8-11-24(33)31(4)21-12-13-28(2)23-17-20-9-10-22(32)26-25(20)29(28,27(21)34-26)14-15-30(23)3/h5-11,16,21,23,27,32H,12-15,17H2,1-4H3/t21-,23-,27+,28+,29+/m1/s1. The highest BCUT2D eigenvalue weighted by Gasteiger charge is 2.71. The number of piperidine rings is 1. The molecule has 2 heterocycles. The second-order valence-corrected chi connectivity index (χ2v) is 11.1. The zero-order chi connectivity index (χ0) is 23.8. The first-order valence-electron chi connectivity index (χ1n) is 12.5. The lowest BCUT2D eigenvalue weighted by atomic mass is 9.43. The predicted molar refractivity (Wildman–Crippen MR) is 133 cm³/mol. The van der Waals surface area contributed by atoms with Crippen LogP contribution in [-0.2, 0) is 16.6 Å². The van der Waals surface area contributed by atoms with Crippen molar-refractivity contribution in [1.82, 2.24) is 9.80 Å². The van der Waals surface area contributed by atoms with Gasteiger partial charge in [0.2, 0.25) is 5.91 Å². The molecule has 5 nitrogen and oxygen atoms in total. The molecular weight excluding hydrogens is 424 g/mol. The zero-order valence-corrected chi connectivity index (χ0v) is 20.5. The molecule has 34 heavy (non-hydrogen) atoms. The number of nitrogens with zero attached hydrogens (tertiary/aromatic N) is 2. The maximum atomic E-state index is 13.3. The maximum Gasteiger partial charge on any atom is 0.246 e. The highest BCUT2D eigenvalue weighted by molar-refractivity contribution is 5.92. The number of aromatic hydroxyl groups is 1. The SMILES string of the molecule is Cc1cccc(C=CC(=O)N(C)[C@@H]2CC[C@@]3(C)[C@H]4Cc5ccc(O)c6c5[C@@]3(CCN4C)[C@H]2O6)c1. The summed E-state index contributed by atoms with van der Waals surface area (Å²) in [5, 5.41) is 10.8. The molecule has 1 amide bonds. The lowest BCUT2D eigenvalue weighted by molar-refractivity contribution is -0.148. The number of phenolic OH excluding ortho intramolecular Hbond substituents is 1. The molecule has 178 valence electrons. The third-order valence-electron chi connectivity index (χ3n) is 9.57. The number of hydrogen-bond acceptors (Lipinski definition) is 4. The number of carbonyl (C=O) groups is 1. The second-order valence-electron chi connectivity index (χ2n) is 11.1. The molecule has 0 aromatic heterocycles. The summed E-state index contributed by atoms with van der Waals surface area (Å²) < 4.78 is 6.69. The van der Waals surface area contributed by atoms with E-state index in [0.29, 0.717) is 11.8 Å². The summed E-state index contributed by atoms with van der Waals surface area (Å²) in [7, 11) is 4.16. The first-order valence-corrected chi connectivity index (χ1v) is 12.5. The van der Waals surface area contributed by atoms with E-state index in [1.54, 1.807) is 12.1 Å². The van der Waals surface area contributed by atoms with Crippen LogP contribution in [0.25, 0.3) is 6.08 Å². The molecule has 5 atom stereocenters. The van der Waals surface area contributed by atoms with Crippen molar-refractivity contribution in [2.24, 2.45) is 5.41 Å². The third-order valence-corrected chi connectivity index (χ3v) is 9.57. The minimum atomic E-state index is -0.177. The van der Waals surface area contributed by atoms with Crippen LogP contribution in [0.15, 0.2) is 42.5 Å². The molecule has 1 saturated heterocycles. The number of hydrogen-bond donors (Lipinski definition) is 1. The van der Waals surface area contributed by atoms with E-state index >= 15 is 0 Å². The van der Waals surface area contributed by atoms with Crippen molar-refractivity contribution < 1.29 is 14.6 Å². The average molecular weight is 459 g/mol. The summed E-state index contributed by atoms with van der Waals surface area (Å²) in [5.74, 6) is 0.893. The van der Waals surface area contributed by atoms with Crippen LogP contribution in [0.3, 0.4) is 0 Å². The number of likely N-dealkylation sites (tertiary alicyclic amines) is 1. The first kappa shape index (κ1) is 21.7. The number of phenols is 1. The fourth-order valence-corrected chi connectivity index (χ4v) is 7.82. The molecule has 2 aliphatic heterocycles. The van der Waals surface area contributed by atoms with Crippen molar-refractivity contribution in [3.8, 4) is 11.5 Å². The Balaban J connectivity index is 1.38. The van der Waals surface area contributed by atoms with Crippen molar-refractivity contribution in [1.29, 1.82) is 0 Å². The minimum Gasteiger partial charge on any atom is -0.504 e. The molecule has 2 fully saturated rings. The van der Waals surface area contributed by atoms with Crippen LogP contribution < -0.4 is 4.74 Å². The van der Waals surface area contributed by atoms with Crippen molar-refractivity contribution in [2.45, 2.75) is 63.1 Å². The number of aryl methyl sites for hydroxylation is 1. The topological polar surface area (TPSA) is 53.0 Å². The molecule has 0 unspecified atom stereocenters. The van der Waals surface area contributed by atoms with Gasteiger partial charge in [0.25, 0.3) is 0 Å². The molecule has 2 aromatic carbocycles. The molecule has 2 aliphatic carbocycles. The van der Waals surface area contributed by atoms with Gasteiger partial charge in [0.05, 0.1) is 6.04 Å². The molecule has 4 aliphatic rings. The molecule has 0 radical (unpaired) electrons. The number of ether oxygens (including phenoxy) is 1. The van der Waals surface area contributed by atoms with E-state index in [1.165, 1.54) is 16.7 Å². The summed E-state index contributed by atoms with van der Waals surface area (Å²) in [6.07, 6.45) is 7.36. The van der Waals surface area contributed by atoms with Gasteiger partial charge in [-0.05, 0) is 74.9 Å². The molecule has 1 saturated carbocycles. The van der Waals surface area contributed by atoms with Gasteiger partial charge in [-0.3, -0.25) is 4.79 Å². The molecule has 2 bridgehead atoms. The summed E-state index contributed by atoms with van der Waals surface area (Å²) in [5.41, 5.74) is 4.61. The predicted octanol–water partition coefficient (Wildman–Crippen LogP) is 4.30. The average Bonchev–Trinajstić information content (AvgIpc) is 3.17. The Labute approximate surface area is 202 Å². The third kappa shape index (κ3) is 2.73. The van der Waals surface area contributed by atoms with Crippen LogP contribution in [0, 0.1) is 12.3 Å². The minimum absolute atomic E-state index is 0.00389. The van der Waals surface area contributed by atoms with Gasteiger partial charge in [-0.25, -0.2) is 0 Å². The highest BCUT2D eigenvalue weighted by atomic mass is 16.5. The van der Waals surface area contributed by atoms with Gasteiger partial charge in [0.15, 0.2) is 11.5 Å². The van der Waals surface area contributed by atoms with Gasteiger partial charge in [0, 0.05) is 30.1 Å². The van der Waals surface area contributed by atoms with Crippen LogP contribution in [-0.4, -0.2) is 59.6 Å². The van der Waals surface area contributed by atoms with Crippen molar-refractivity contribution in [3.63, 3.8) is 0 Å². The van der Waals surface area contributed by atoms with E-state index in [0.717, 1.165) is 37.8 Å². The van der Waals surface area contributed by atoms with Crippen molar-refractivity contribution in [3.05, 3.63) is 64.7 Å². The number of benzene rings is 2. The molecule has 1 N–H and O–H groups in total. The largest absolute Gasteiger partial charge is 0.504 e. The summed E-state index contributed by atoms with van der Waals surface area (Å²) in [6.45, 7) is 5.50. The lowest BCUT2D eigenvalue weighted by Gasteiger charge is -2.65. The Morgan fingerprint density at radius 3 is 2.88 bits per heavy atom. The highest BCUT2D eigenvalue weighted by Crippen LogP contribution is 2.69. The smallest absolute Gasteiger partial charge is 0.246 e. The van der Waals surface area contributed by atoms with Crippen LogP contribution in [0.1, 0.15) is 48.4 Å². The van der Waals surface area contributed by atoms with Gasteiger partial charge in [-0.2, -0.15) is 0 Å². The van der Waals surface area contributed by atoms with E-state index in [2.05, 4.69) is 44.0 Å². The van der Waals surface area contributed by atoms with E-state index in [-0.39, 0.29) is 34.6 Å². The van der Waals surface area contributed by atoms with Crippen molar-refractivity contribution in [2.75, 3.05) is 20.6 Å². The maximum absolute atomic E-state index is 13.3. The van der Waals surface area contributed by atoms with E-state index in [4.69, 9.17) is 4.74 Å². The zero-order valence-electron chi connectivity index (χ0n) is 20.5. The molecule has 1 spiro atoms. The Kier molecular flexibility index (Phi) is 4.70. The Morgan fingerprint density at radius 2 is 2.09 bits per heavy atom. The summed E-state index contributed by atoms with van der Waals surface area (Å²) in [6, 6.07) is 12.5. The van der Waals surface area contributed by atoms with Gasteiger partial charge in [-0.1, -0.05) is 42.8 Å². The van der Waals surface area contributed by atoms with E-state index in [1.807, 2.05) is 30.2 Å². The van der Waals surface area contributed by atoms with Crippen LogP contribution in [0.2, 0.25) is 0 Å². The Hall–Kier alpha value is -2.79. The van der Waals surface area contributed by atoms with Gasteiger partial charge in [0.1, 0.15) is 6.10 Å². The monoisotopic (exact) mass is 458 g/mol. The van der Waals surface area contributed by atoms with E-state index < -0.39 is 0 Å².